The molecular formula is C13H14BrN3O. The Labute approximate surface area is 114 Å². The number of rotatable bonds is 3. The average molecular weight is 308 g/mol. The van der Waals surface area contributed by atoms with Gasteiger partial charge in [0.25, 0.3) is 0 Å². The van der Waals surface area contributed by atoms with E-state index in [2.05, 4.69) is 38.5 Å². The smallest absolute Gasteiger partial charge is 0.127 e. The maximum Gasteiger partial charge on any atom is 0.127 e. The summed E-state index contributed by atoms with van der Waals surface area (Å²) in [6.45, 7) is 1.52. The second-order valence-corrected chi connectivity index (χ2v) is 5.26. The van der Waals surface area contributed by atoms with E-state index >= 15 is 0 Å². The Morgan fingerprint density at radius 1 is 1.50 bits per heavy atom. The van der Waals surface area contributed by atoms with Gasteiger partial charge in [-0.1, -0.05) is 15.9 Å². The second-order valence-electron chi connectivity index (χ2n) is 4.35. The van der Waals surface area contributed by atoms with Crippen LogP contribution < -0.4 is 10.1 Å². The van der Waals surface area contributed by atoms with Crippen molar-refractivity contribution >= 4 is 21.7 Å². The SMILES string of the molecule is Cn1nccc1NCc1cc(Br)cc2c1OCC2. The zero-order chi connectivity index (χ0) is 12.5. The highest BCUT2D eigenvalue weighted by molar-refractivity contribution is 9.10. The molecule has 5 heteroatoms. The second kappa shape index (κ2) is 4.65. The number of aromatic nitrogens is 2. The first kappa shape index (κ1) is 11.6. The molecule has 0 unspecified atom stereocenters. The number of anilines is 1. The van der Waals surface area contributed by atoms with Crippen molar-refractivity contribution in [1.29, 1.82) is 0 Å². The quantitative estimate of drug-likeness (QED) is 0.947. The van der Waals surface area contributed by atoms with Crippen LogP contribution in [0.15, 0.2) is 28.9 Å². The number of ether oxygens (including phenoxy) is 1. The first-order valence-corrected chi connectivity index (χ1v) is 6.69. The number of hydrogen-bond acceptors (Lipinski definition) is 3. The van der Waals surface area contributed by atoms with E-state index in [4.69, 9.17) is 4.74 Å². The van der Waals surface area contributed by atoms with Gasteiger partial charge >= 0.3 is 0 Å². The Hall–Kier alpha value is -1.49. The van der Waals surface area contributed by atoms with E-state index in [1.54, 1.807) is 6.20 Å². The lowest BCUT2D eigenvalue weighted by molar-refractivity contribution is 0.354. The molecule has 0 saturated carbocycles. The fraction of sp³-hybridized carbons (Fsp3) is 0.308. The Morgan fingerprint density at radius 2 is 2.39 bits per heavy atom. The summed E-state index contributed by atoms with van der Waals surface area (Å²) in [6, 6.07) is 6.20. The van der Waals surface area contributed by atoms with Crippen LogP contribution in [0, 0.1) is 0 Å². The average Bonchev–Trinajstić information content (AvgIpc) is 2.94. The summed E-state index contributed by atoms with van der Waals surface area (Å²) in [6.07, 6.45) is 2.78. The Kier molecular flexibility index (Phi) is 2.99. The number of nitrogens with one attached hydrogen (secondary N) is 1. The van der Waals surface area contributed by atoms with E-state index in [1.807, 2.05) is 17.8 Å². The molecule has 0 amide bonds. The molecule has 2 heterocycles. The molecule has 0 atom stereocenters. The van der Waals surface area contributed by atoms with Crippen molar-refractivity contribution in [3.05, 3.63) is 40.0 Å². The van der Waals surface area contributed by atoms with Crippen molar-refractivity contribution in [1.82, 2.24) is 9.78 Å². The molecule has 94 valence electrons. The minimum absolute atomic E-state index is 0.737. The molecule has 1 aromatic heterocycles. The summed E-state index contributed by atoms with van der Waals surface area (Å²) in [5.74, 6) is 2.04. The van der Waals surface area contributed by atoms with Crippen LogP contribution in [0.4, 0.5) is 5.82 Å². The van der Waals surface area contributed by atoms with Crippen LogP contribution >= 0.6 is 15.9 Å². The predicted octanol–water partition coefficient (Wildman–Crippen LogP) is 2.73. The van der Waals surface area contributed by atoms with Gasteiger partial charge in [0.05, 0.1) is 12.8 Å². The van der Waals surface area contributed by atoms with Crippen LogP contribution in [0.1, 0.15) is 11.1 Å². The van der Waals surface area contributed by atoms with Gasteiger partial charge in [-0.15, -0.1) is 0 Å². The molecule has 4 nitrogen and oxygen atoms in total. The third-order valence-corrected chi connectivity index (χ3v) is 3.56. The number of aryl methyl sites for hydroxylation is 1. The zero-order valence-corrected chi connectivity index (χ0v) is 11.7. The van der Waals surface area contributed by atoms with Gasteiger partial charge < -0.3 is 10.1 Å². The summed E-state index contributed by atoms with van der Waals surface area (Å²) in [5, 5.41) is 7.50. The van der Waals surface area contributed by atoms with Crippen molar-refractivity contribution in [2.24, 2.45) is 7.05 Å². The van der Waals surface area contributed by atoms with Gasteiger partial charge in [-0.05, 0) is 17.7 Å². The Morgan fingerprint density at radius 3 is 3.17 bits per heavy atom. The minimum Gasteiger partial charge on any atom is -0.493 e. The van der Waals surface area contributed by atoms with E-state index in [0.29, 0.717) is 0 Å². The van der Waals surface area contributed by atoms with Crippen LogP contribution in [-0.2, 0) is 20.0 Å². The standard InChI is InChI=1S/C13H14BrN3O/c1-17-12(2-4-16-17)15-8-10-7-11(14)6-9-3-5-18-13(9)10/h2,4,6-7,15H,3,5,8H2,1H3. The lowest BCUT2D eigenvalue weighted by Crippen LogP contribution is -2.05. The summed E-state index contributed by atoms with van der Waals surface area (Å²) < 4.78 is 8.63. The van der Waals surface area contributed by atoms with Gasteiger partial charge in [-0.3, -0.25) is 4.68 Å². The van der Waals surface area contributed by atoms with Crippen molar-refractivity contribution in [2.45, 2.75) is 13.0 Å². The van der Waals surface area contributed by atoms with E-state index in [0.717, 1.165) is 35.6 Å². The lowest BCUT2D eigenvalue weighted by Gasteiger charge is -2.11. The third-order valence-electron chi connectivity index (χ3n) is 3.11. The molecule has 0 radical (unpaired) electrons. The molecule has 1 aliphatic heterocycles. The van der Waals surface area contributed by atoms with E-state index < -0.39 is 0 Å². The molecule has 2 aromatic rings. The van der Waals surface area contributed by atoms with Gasteiger partial charge in [0.1, 0.15) is 11.6 Å². The molecule has 0 saturated heterocycles. The molecular weight excluding hydrogens is 294 g/mol. The van der Waals surface area contributed by atoms with Crippen LogP contribution in [0.25, 0.3) is 0 Å². The van der Waals surface area contributed by atoms with Crippen molar-refractivity contribution in [3.8, 4) is 5.75 Å². The molecule has 0 spiro atoms. The van der Waals surface area contributed by atoms with E-state index in [-0.39, 0.29) is 0 Å². The highest BCUT2D eigenvalue weighted by Gasteiger charge is 2.17. The van der Waals surface area contributed by atoms with Crippen molar-refractivity contribution in [3.63, 3.8) is 0 Å². The van der Waals surface area contributed by atoms with Gasteiger partial charge in [0, 0.05) is 36.1 Å². The Balaban J connectivity index is 1.83. The molecule has 1 N–H and O–H groups in total. The summed E-state index contributed by atoms with van der Waals surface area (Å²) >= 11 is 3.55. The number of benzene rings is 1. The van der Waals surface area contributed by atoms with Crippen LogP contribution in [0.5, 0.6) is 5.75 Å². The first-order valence-electron chi connectivity index (χ1n) is 5.90. The third kappa shape index (κ3) is 2.10. The number of fused-ring (bicyclic) bond motifs is 1. The molecule has 0 fully saturated rings. The summed E-state index contributed by atoms with van der Waals surface area (Å²) in [7, 11) is 1.92. The van der Waals surface area contributed by atoms with Gasteiger partial charge in [0.15, 0.2) is 0 Å². The maximum absolute atomic E-state index is 5.70. The first-order chi connectivity index (χ1) is 8.74. The molecule has 0 bridgehead atoms. The van der Waals surface area contributed by atoms with Crippen molar-refractivity contribution < 1.29 is 4.74 Å². The van der Waals surface area contributed by atoms with Crippen molar-refractivity contribution in [2.75, 3.05) is 11.9 Å². The molecule has 3 rings (SSSR count). The van der Waals surface area contributed by atoms with E-state index in [9.17, 15) is 0 Å². The fourth-order valence-electron chi connectivity index (χ4n) is 2.21. The molecule has 0 aliphatic carbocycles. The zero-order valence-electron chi connectivity index (χ0n) is 10.1. The van der Waals surface area contributed by atoms with Crippen LogP contribution in [-0.4, -0.2) is 16.4 Å². The van der Waals surface area contributed by atoms with Crippen LogP contribution in [0.2, 0.25) is 0 Å². The molecule has 18 heavy (non-hydrogen) atoms. The topological polar surface area (TPSA) is 39.1 Å². The molecule has 1 aliphatic rings. The Bertz CT molecular complexity index is 580. The molecule has 1 aromatic carbocycles. The van der Waals surface area contributed by atoms with Gasteiger partial charge in [-0.25, -0.2) is 0 Å². The highest BCUT2D eigenvalue weighted by Crippen LogP contribution is 2.33. The lowest BCUT2D eigenvalue weighted by atomic mass is 10.1. The highest BCUT2D eigenvalue weighted by atomic mass is 79.9. The van der Waals surface area contributed by atoms with Gasteiger partial charge in [-0.2, -0.15) is 5.10 Å². The monoisotopic (exact) mass is 307 g/mol. The normalized spacial score (nSPS) is 13.2. The summed E-state index contributed by atoms with van der Waals surface area (Å²) in [4.78, 5) is 0. The largest absolute Gasteiger partial charge is 0.493 e. The fourth-order valence-corrected chi connectivity index (χ4v) is 2.76. The number of halogens is 1. The summed E-state index contributed by atoms with van der Waals surface area (Å²) in [5.41, 5.74) is 2.46. The maximum atomic E-state index is 5.70. The minimum atomic E-state index is 0.737. The predicted molar refractivity (Wildman–Crippen MR) is 73.9 cm³/mol. The number of hydrogen-bond donors (Lipinski definition) is 1. The number of nitrogens with zero attached hydrogens (tertiary/aromatic N) is 2. The van der Waals surface area contributed by atoms with Crippen LogP contribution in [0.3, 0.4) is 0 Å². The van der Waals surface area contributed by atoms with E-state index in [1.165, 1.54) is 11.1 Å². The van der Waals surface area contributed by atoms with Gasteiger partial charge in [0.2, 0.25) is 0 Å².